The first-order valence-electron chi connectivity index (χ1n) is 6.70. The van der Waals surface area contributed by atoms with Crippen molar-refractivity contribution in [3.05, 3.63) is 11.2 Å². The fraction of sp³-hybridized carbons (Fsp3) is 0.750. The smallest absolute Gasteiger partial charge is 0.261 e. The third kappa shape index (κ3) is 2.86. The minimum Gasteiger partial charge on any atom is -0.317 e. The molecule has 0 aliphatic heterocycles. The topological polar surface area (TPSA) is 67.2 Å². The summed E-state index contributed by atoms with van der Waals surface area (Å²) in [5.74, 6) is 0. The van der Waals surface area contributed by atoms with Gasteiger partial charge in [-0.25, -0.2) is 8.42 Å². The molecule has 1 N–H and O–H groups in total. The van der Waals surface area contributed by atoms with Gasteiger partial charge in [-0.3, -0.25) is 4.68 Å². The SMILES string of the molecule is CNC1CCC(N(C)S(=O)(=O)c2c(Cl)cnn2C)CC1. The van der Waals surface area contributed by atoms with Gasteiger partial charge >= 0.3 is 0 Å². The van der Waals surface area contributed by atoms with Gasteiger partial charge in [0.1, 0.15) is 0 Å². The maximum atomic E-state index is 12.7. The monoisotopic (exact) mass is 320 g/mol. The fourth-order valence-electron chi connectivity index (χ4n) is 2.75. The van der Waals surface area contributed by atoms with Gasteiger partial charge in [0.2, 0.25) is 0 Å². The lowest BCUT2D eigenvalue weighted by atomic mass is 9.91. The Morgan fingerprint density at radius 3 is 2.45 bits per heavy atom. The van der Waals surface area contributed by atoms with Crippen LogP contribution in [-0.2, 0) is 17.1 Å². The molecule has 0 amide bonds. The molecule has 114 valence electrons. The van der Waals surface area contributed by atoms with Crippen molar-refractivity contribution in [3.63, 3.8) is 0 Å². The third-order valence-electron chi connectivity index (χ3n) is 4.09. The molecule has 1 aliphatic rings. The van der Waals surface area contributed by atoms with E-state index in [9.17, 15) is 8.42 Å². The standard InChI is InChI=1S/C12H21ClN4O2S/c1-14-9-4-6-10(7-5-9)17(3)20(18,19)12-11(13)8-15-16(12)2/h8-10,14H,4-7H2,1-3H3. The lowest BCUT2D eigenvalue weighted by Crippen LogP contribution is -2.43. The molecule has 0 spiro atoms. The van der Waals surface area contributed by atoms with Crippen LogP contribution in [0, 0.1) is 0 Å². The van der Waals surface area contributed by atoms with Gasteiger partial charge < -0.3 is 5.32 Å². The number of sulfonamides is 1. The molecular weight excluding hydrogens is 300 g/mol. The Balaban J connectivity index is 2.18. The molecule has 1 heterocycles. The van der Waals surface area contributed by atoms with E-state index >= 15 is 0 Å². The highest BCUT2D eigenvalue weighted by Crippen LogP contribution is 2.29. The highest BCUT2D eigenvalue weighted by atomic mass is 35.5. The summed E-state index contributed by atoms with van der Waals surface area (Å²) in [4.78, 5) is 0. The highest BCUT2D eigenvalue weighted by molar-refractivity contribution is 7.89. The summed E-state index contributed by atoms with van der Waals surface area (Å²) < 4.78 is 28.1. The Bertz CT molecular complexity index is 545. The van der Waals surface area contributed by atoms with Gasteiger partial charge in [0.05, 0.1) is 11.2 Å². The van der Waals surface area contributed by atoms with Crippen molar-refractivity contribution >= 4 is 21.6 Å². The van der Waals surface area contributed by atoms with Gasteiger partial charge in [-0.15, -0.1) is 0 Å². The van der Waals surface area contributed by atoms with Gasteiger partial charge in [-0.05, 0) is 32.7 Å². The van der Waals surface area contributed by atoms with Crippen LogP contribution in [0.3, 0.4) is 0 Å². The van der Waals surface area contributed by atoms with Crippen LogP contribution in [0.4, 0.5) is 0 Å². The molecule has 2 rings (SSSR count). The zero-order valence-corrected chi connectivity index (χ0v) is 13.6. The predicted molar refractivity (Wildman–Crippen MR) is 78.3 cm³/mol. The first-order valence-corrected chi connectivity index (χ1v) is 8.52. The van der Waals surface area contributed by atoms with Gasteiger partial charge in [0, 0.05) is 26.2 Å². The minimum absolute atomic E-state index is 0.0237. The van der Waals surface area contributed by atoms with Crippen molar-refractivity contribution in [2.45, 2.75) is 42.8 Å². The van der Waals surface area contributed by atoms with E-state index in [-0.39, 0.29) is 16.1 Å². The van der Waals surface area contributed by atoms with Crippen molar-refractivity contribution < 1.29 is 8.42 Å². The molecular formula is C12H21ClN4O2S. The van der Waals surface area contributed by atoms with E-state index in [0.29, 0.717) is 6.04 Å². The summed E-state index contributed by atoms with van der Waals surface area (Å²) in [6.45, 7) is 0. The Kier molecular flexibility index (Phi) is 4.73. The number of halogens is 1. The van der Waals surface area contributed by atoms with Crippen LogP contribution in [0.15, 0.2) is 11.2 Å². The molecule has 1 aromatic heterocycles. The zero-order chi connectivity index (χ0) is 14.9. The third-order valence-corrected chi connectivity index (χ3v) is 6.50. The minimum atomic E-state index is -3.60. The first kappa shape index (κ1) is 15.8. The van der Waals surface area contributed by atoms with E-state index in [4.69, 9.17) is 11.6 Å². The second-order valence-corrected chi connectivity index (χ2v) is 7.56. The van der Waals surface area contributed by atoms with E-state index in [0.717, 1.165) is 25.7 Å². The molecule has 6 nitrogen and oxygen atoms in total. The summed E-state index contributed by atoms with van der Waals surface area (Å²) in [6, 6.07) is 0.512. The van der Waals surface area contributed by atoms with E-state index in [1.807, 2.05) is 7.05 Å². The van der Waals surface area contributed by atoms with Gasteiger partial charge in [-0.2, -0.15) is 9.40 Å². The van der Waals surface area contributed by atoms with Gasteiger partial charge in [-0.1, -0.05) is 11.6 Å². The molecule has 0 bridgehead atoms. The van der Waals surface area contributed by atoms with Crippen molar-refractivity contribution in [2.24, 2.45) is 7.05 Å². The second kappa shape index (κ2) is 6.01. The van der Waals surface area contributed by atoms with E-state index in [2.05, 4.69) is 10.4 Å². The second-order valence-electron chi connectivity index (χ2n) is 5.24. The highest BCUT2D eigenvalue weighted by Gasteiger charge is 2.34. The zero-order valence-electron chi connectivity index (χ0n) is 12.0. The fourth-order valence-corrected chi connectivity index (χ4v) is 4.77. The number of hydrogen-bond acceptors (Lipinski definition) is 4. The molecule has 0 radical (unpaired) electrons. The lowest BCUT2D eigenvalue weighted by Gasteiger charge is -2.33. The normalized spacial score (nSPS) is 24.2. The Morgan fingerprint density at radius 2 is 2.00 bits per heavy atom. The summed E-state index contributed by atoms with van der Waals surface area (Å²) in [7, 11) is 1.56. The molecule has 0 saturated heterocycles. The number of rotatable bonds is 4. The quantitative estimate of drug-likeness (QED) is 0.906. The average molecular weight is 321 g/mol. The largest absolute Gasteiger partial charge is 0.317 e. The summed E-state index contributed by atoms with van der Waals surface area (Å²) in [5.41, 5.74) is 0. The number of aromatic nitrogens is 2. The Labute approximate surface area is 125 Å². The molecule has 1 aromatic rings. The molecule has 0 unspecified atom stereocenters. The van der Waals surface area contributed by atoms with Crippen LogP contribution in [0.5, 0.6) is 0 Å². The van der Waals surface area contributed by atoms with Crippen molar-refractivity contribution in [1.29, 1.82) is 0 Å². The van der Waals surface area contributed by atoms with E-state index in [1.165, 1.54) is 15.2 Å². The van der Waals surface area contributed by atoms with Crippen molar-refractivity contribution in [3.8, 4) is 0 Å². The van der Waals surface area contributed by atoms with Crippen LogP contribution >= 0.6 is 11.6 Å². The Morgan fingerprint density at radius 1 is 1.40 bits per heavy atom. The van der Waals surface area contributed by atoms with Crippen LogP contribution in [0.1, 0.15) is 25.7 Å². The molecule has 0 atom stereocenters. The maximum absolute atomic E-state index is 12.7. The average Bonchev–Trinajstić information content (AvgIpc) is 2.78. The predicted octanol–water partition coefficient (Wildman–Crippen LogP) is 1.22. The van der Waals surface area contributed by atoms with Crippen LogP contribution in [0.25, 0.3) is 0 Å². The number of aryl methyl sites for hydroxylation is 1. The molecule has 0 aromatic carbocycles. The van der Waals surface area contributed by atoms with E-state index < -0.39 is 10.0 Å². The first-order chi connectivity index (χ1) is 9.37. The van der Waals surface area contributed by atoms with Crippen molar-refractivity contribution in [2.75, 3.05) is 14.1 Å². The number of hydrogen-bond donors (Lipinski definition) is 1. The lowest BCUT2D eigenvalue weighted by molar-refractivity contribution is 0.254. The molecule has 1 saturated carbocycles. The van der Waals surface area contributed by atoms with Crippen molar-refractivity contribution in [1.82, 2.24) is 19.4 Å². The molecule has 1 fully saturated rings. The maximum Gasteiger partial charge on any atom is 0.261 e. The molecule has 20 heavy (non-hydrogen) atoms. The van der Waals surface area contributed by atoms with Crippen LogP contribution in [0.2, 0.25) is 5.02 Å². The van der Waals surface area contributed by atoms with Crippen LogP contribution in [-0.4, -0.2) is 48.7 Å². The Hall–Kier alpha value is -0.630. The summed E-state index contributed by atoms with van der Waals surface area (Å²) in [6.07, 6.45) is 5.05. The summed E-state index contributed by atoms with van der Waals surface area (Å²) >= 11 is 5.96. The van der Waals surface area contributed by atoms with Crippen LogP contribution < -0.4 is 5.32 Å². The number of nitrogens with one attached hydrogen (secondary N) is 1. The molecule has 8 heteroatoms. The number of nitrogens with zero attached hydrogens (tertiary/aromatic N) is 3. The summed E-state index contributed by atoms with van der Waals surface area (Å²) in [5, 5.41) is 7.39. The van der Waals surface area contributed by atoms with Gasteiger partial charge in [0.25, 0.3) is 10.0 Å². The van der Waals surface area contributed by atoms with E-state index in [1.54, 1.807) is 14.1 Å². The molecule has 1 aliphatic carbocycles. The van der Waals surface area contributed by atoms with Gasteiger partial charge in [0.15, 0.2) is 5.03 Å².